The molecule has 3 N–H and O–H groups in total. The molecule has 0 spiro atoms. The Bertz CT molecular complexity index is 570. The van der Waals surface area contributed by atoms with E-state index in [4.69, 9.17) is 10.5 Å². The van der Waals surface area contributed by atoms with E-state index in [0.717, 1.165) is 5.56 Å². The Morgan fingerprint density at radius 3 is 2.50 bits per heavy atom. The zero-order valence-corrected chi connectivity index (χ0v) is 11.4. The Labute approximate surface area is 118 Å². The van der Waals surface area contributed by atoms with Crippen LogP contribution in [0.15, 0.2) is 54.6 Å². The SMILES string of the molecule is COc1ccccc1C(=O)NCC(N)c1ccccc1. The fourth-order valence-corrected chi connectivity index (χ4v) is 1.95. The lowest BCUT2D eigenvalue weighted by molar-refractivity contribution is 0.0948. The molecular weight excluding hydrogens is 252 g/mol. The number of carbonyl (C=O) groups excluding carboxylic acids is 1. The van der Waals surface area contributed by atoms with Crippen molar-refractivity contribution in [2.75, 3.05) is 13.7 Å². The third-order valence-corrected chi connectivity index (χ3v) is 3.06. The number of nitrogens with one attached hydrogen (secondary N) is 1. The average molecular weight is 270 g/mol. The molecule has 0 saturated carbocycles. The number of para-hydroxylation sites is 1. The van der Waals surface area contributed by atoms with Gasteiger partial charge in [-0.05, 0) is 17.7 Å². The van der Waals surface area contributed by atoms with Gasteiger partial charge in [0, 0.05) is 12.6 Å². The summed E-state index contributed by atoms with van der Waals surface area (Å²) in [6, 6.07) is 16.6. The van der Waals surface area contributed by atoms with Gasteiger partial charge in [-0.1, -0.05) is 42.5 Å². The van der Waals surface area contributed by atoms with Crippen molar-refractivity contribution < 1.29 is 9.53 Å². The van der Waals surface area contributed by atoms with E-state index in [1.807, 2.05) is 36.4 Å². The Balaban J connectivity index is 1.99. The fourth-order valence-electron chi connectivity index (χ4n) is 1.95. The molecule has 104 valence electrons. The molecule has 2 aromatic rings. The van der Waals surface area contributed by atoms with Crippen LogP contribution in [0.2, 0.25) is 0 Å². The molecule has 2 aromatic carbocycles. The van der Waals surface area contributed by atoms with E-state index in [9.17, 15) is 4.79 Å². The standard InChI is InChI=1S/C16H18N2O2/c1-20-15-10-6-5-9-13(15)16(19)18-11-14(17)12-7-3-2-4-8-12/h2-10,14H,11,17H2,1H3,(H,18,19). The van der Waals surface area contributed by atoms with Crippen LogP contribution in [0.1, 0.15) is 22.0 Å². The van der Waals surface area contributed by atoms with Crippen LogP contribution in [-0.2, 0) is 0 Å². The van der Waals surface area contributed by atoms with Gasteiger partial charge in [-0.25, -0.2) is 0 Å². The zero-order valence-electron chi connectivity index (χ0n) is 11.4. The lowest BCUT2D eigenvalue weighted by Crippen LogP contribution is -2.32. The summed E-state index contributed by atoms with van der Waals surface area (Å²) < 4.78 is 5.17. The summed E-state index contributed by atoms with van der Waals surface area (Å²) in [7, 11) is 1.54. The topological polar surface area (TPSA) is 64.3 Å². The highest BCUT2D eigenvalue weighted by molar-refractivity contribution is 5.96. The van der Waals surface area contributed by atoms with Crippen LogP contribution in [0.5, 0.6) is 5.75 Å². The highest BCUT2D eigenvalue weighted by atomic mass is 16.5. The first kappa shape index (κ1) is 14.1. The maximum absolute atomic E-state index is 12.1. The van der Waals surface area contributed by atoms with Gasteiger partial charge in [-0.2, -0.15) is 0 Å². The first-order valence-electron chi connectivity index (χ1n) is 6.44. The predicted molar refractivity (Wildman–Crippen MR) is 78.7 cm³/mol. The number of amides is 1. The number of nitrogens with two attached hydrogens (primary N) is 1. The van der Waals surface area contributed by atoms with Crippen molar-refractivity contribution in [2.45, 2.75) is 6.04 Å². The van der Waals surface area contributed by atoms with Gasteiger partial charge in [0.15, 0.2) is 0 Å². The molecule has 0 fully saturated rings. The summed E-state index contributed by atoms with van der Waals surface area (Å²) in [5.74, 6) is 0.368. The first-order chi connectivity index (χ1) is 9.72. The molecule has 0 heterocycles. The second-order valence-electron chi connectivity index (χ2n) is 4.43. The van der Waals surface area contributed by atoms with Crippen LogP contribution < -0.4 is 15.8 Å². The third kappa shape index (κ3) is 3.36. The number of hydrogen-bond donors (Lipinski definition) is 2. The number of rotatable bonds is 5. The van der Waals surface area contributed by atoms with Crippen LogP contribution in [0.25, 0.3) is 0 Å². The van der Waals surface area contributed by atoms with Crippen molar-refractivity contribution in [3.05, 3.63) is 65.7 Å². The summed E-state index contributed by atoms with van der Waals surface area (Å²) in [6.07, 6.45) is 0. The van der Waals surface area contributed by atoms with Crippen LogP contribution in [0.3, 0.4) is 0 Å². The molecule has 0 aliphatic rings. The molecule has 0 aromatic heterocycles. The molecule has 0 radical (unpaired) electrons. The predicted octanol–water partition coefficient (Wildman–Crippen LogP) is 2.12. The summed E-state index contributed by atoms with van der Waals surface area (Å²) in [6.45, 7) is 0.376. The second-order valence-corrected chi connectivity index (χ2v) is 4.43. The third-order valence-electron chi connectivity index (χ3n) is 3.06. The fraction of sp³-hybridized carbons (Fsp3) is 0.188. The van der Waals surface area contributed by atoms with E-state index >= 15 is 0 Å². The van der Waals surface area contributed by atoms with Gasteiger partial charge < -0.3 is 15.8 Å². The van der Waals surface area contributed by atoms with Crippen molar-refractivity contribution in [3.63, 3.8) is 0 Å². The van der Waals surface area contributed by atoms with Crippen molar-refractivity contribution >= 4 is 5.91 Å². The van der Waals surface area contributed by atoms with Crippen molar-refractivity contribution in [2.24, 2.45) is 5.73 Å². The van der Waals surface area contributed by atoms with Crippen LogP contribution in [0, 0.1) is 0 Å². The molecule has 20 heavy (non-hydrogen) atoms. The lowest BCUT2D eigenvalue weighted by Gasteiger charge is -2.14. The number of benzene rings is 2. The maximum Gasteiger partial charge on any atom is 0.255 e. The molecule has 0 saturated heterocycles. The van der Waals surface area contributed by atoms with E-state index in [1.54, 1.807) is 25.3 Å². The molecule has 1 amide bonds. The van der Waals surface area contributed by atoms with Crippen molar-refractivity contribution in [1.29, 1.82) is 0 Å². The molecule has 2 rings (SSSR count). The van der Waals surface area contributed by atoms with Crippen molar-refractivity contribution in [1.82, 2.24) is 5.32 Å². The van der Waals surface area contributed by atoms with Gasteiger partial charge in [0.1, 0.15) is 5.75 Å². The monoisotopic (exact) mass is 270 g/mol. The van der Waals surface area contributed by atoms with Gasteiger partial charge >= 0.3 is 0 Å². The van der Waals surface area contributed by atoms with Crippen LogP contribution >= 0.6 is 0 Å². The largest absolute Gasteiger partial charge is 0.496 e. The van der Waals surface area contributed by atoms with Gasteiger partial charge in [-0.15, -0.1) is 0 Å². The summed E-state index contributed by atoms with van der Waals surface area (Å²) in [5, 5.41) is 2.83. The van der Waals surface area contributed by atoms with E-state index in [0.29, 0.717) is 17.9 Å². The minimum absolute atomic E-state index is 0.186. The number of methoxy groups -OCH3 is 1. The van der Waals surface area contributed by atoms with Gasteiger partial charge in [-0.3, -0.25) is 4.79 Å². The molecular formula is C16H18N2O2. The van der Waals surface area contributed by atoms with E-state index in [1.165, 1.54) is 0 Å². The van der Waals surface area contributed by atoms with Crippen LogP contribution in [0.4, 0.5) is 0 Å². The molecule has 4 nitrogen and oxygen atoms in total. The Kier molecular flexibility index (Phi) is 4.74. The summed E-state index contributed by atoms with van der Waals surface area (Å²) >= 11 is 0. The van der Waals surface area contributed by atoms with Crippen molar-refractivity contribution in [3.8, 4) is 5.75 Å². The quantitative estimate of drug-likeness (QED) is 0.874. The van der Waals surface area contributed by atoms with Gasteiger partial charge in [0.25, 0.3) is 5.91 Å². The molecule has 0 bridgehead atoms. The van der Waals surface area contributed by atoms with Crippen LogP contribution in [-0.4, -0.2) is 19.6 Å². The highest BCUT2D eigenvalue weighted by Crippen LogP contribution is 2.17. The Hall–Kier alpha value is -2.33. The lowest BCUT2D eigenvalue weighted by atomic mass is 10.1. The summed E-state index contributed by atoms with van der Waals surface area (Å²) in [5.41, 5.74) is 7.55. The Morgan fingerprint density at radius 1 is 1.15 bits per heavy atom. The summed E-state index contributed by atoms with van der Waals surface area (Å²) in [4.78, 5) is 12.1. The smallest absolute Gasteiger partial charge is 0.255 e. The van der Waals surface area contributed by atoms with Gasteiger partial charge in [0.2, 0.25) is 0 Å². The first-order valence-corrected chi connectivity index (χ1v) is 6.44. The molecule has 4 heteroatoms. The zero-order chi connectivity index (χ0) is 14.4. The van der Waals surface area contributed by atoms with E-state index in [2.05, 4.69) is 5.32 Å². The average Bonchev–Trinajstić information content (AvgIpc) is 2.53. The minimum atomic E-state index is -0.227. The Morgan fingerprint density at radius 2 is 1.80 bits per heavy atom. The van der Waals surface area contributed by atoms with E-state index < -0.39 is 0 Å². The minimum Gasteiger partial charge on any atom is -0.496 e. The second kappa shape index (κ2) is 6.73. The molecule has 1 atom stereocenters. The number of ether oxygens (including phenoxy) is 1. The highest BCUT2D eigenvalue weighted by Gasteiger charge is 2.13. The number of carbonyl (C=O) groups is 1. The molecule has 0 aliphatic carbocycles. The van der Waals surface area contributed by atoms with Gasteiger partial charge in [0.05, 0.1) is 12.7 Å². The number of hydrogen-bond acceptors (Lipinski definition) is 3. The molecule has 0 aliphatic heterocycles. The molecule has 1 unspecified atom stereocenters. The normalized spacial score (nSPS) is 11.7. The van der Waals surface area contributed by atoms with E-state index in [-0.39, 0.29) is 11.9 Å². The maximum atomic E-state index is 12.1.